The van der Waals surface area contributed by atoms with E-state index >= 15 is 0 Å². The lowest BCUT2D eigenvalue weighted by atomic mass is 10.1. The van der Waals surface area contributed by atoms with Gasteiger partial charge in [-0.1, -0.05) is 12.1 Å². The first-order valence-electron chi connectivity index (χ1n) is 8.99. The number of carbonyl (C=O) groups excluding carboxylic acids is 2. The molecule has 1 heterocycles. The normalized spacial score (nSPS) is 13.3. The van der Waals surface area contributed by atoms with Crippen molar-refractivity contribution in [1.82, 2.24) is 10.6 Å². The smallest absolute Gasteiger partial charge is 0.258 e. The highest BCUT2D eigenvalue weighted by molar-refractivity contribution is 9.10. The lowest BCUT2D eigenvalue weighted by Gasteiger charge is -2.08. The Bertz CT molecular complexity index is 825. The van der Waals surface area contributed by atoms with Gasteiger partial charge < -0.3 is 19.8 Å². The number of furan rings is 1. The summed E-state index contributed by atoms with van der Waals surface area (Å²) in [6.07, 6.45) is 2.82. The fraction of sp³-hybridized carbons (Fsp3) is 0.400. The summed E-state index contributed by atoms with van der Waals surface area (Å²) in [6, 6.07) is 7.88. The molecule has 1 aromatic carbocycles. The molecule has 6 nitrogen and oxygen atoms in total. The van der Waals surface area contributed by atoms with Crippen LogP contribution in [0.1, 0.15) is 40.3 Å². The van der Waals surface area contributed by atoms with E-state index < -0.39 is 0 Å². The zero-order valence-electron chi connectivity index (χ0n) is 15.4. The molecular formula is C20H23BrN2O4. The standard InChI is InChI=1S/C20H23BrN2O4/c1-12-18(19(21)13(2)27-12)20(25)22-10-9-14-3-7-16(8-4-14)26-11-17(24)23-15-5-6-15/h3-4,7-8,15H,5-6,9-11H2,1-2H3,(H,22,25)(H,23,24). The Labute approximate surface area is 166 Å². The van der Waals surface area contributed by atoms with E-state index in [4.69, 9.17) is 9.15 Å². The lowest BCUT2D eigenvalue weighted by Crippen LogP contribution is -2.30. The van der Waals surface area contributed by atoms with Crippen molar-refractivity contribution in [2.75, 3.05) is 13.2 Å². The highest BCUT2D eigenvalue weighted by Crippen LogP contribution is 2.27. The molecular weight excluding hydrogens is 412 g/mol. The average Bonchev–Trinajstić information content (AvgIpc) is 3.40. The van der Waals surface area contributed by atoms with Gasteiger partial charge in [-0.3, -0.25) is 9.59 Å². The van der Waals surface area contributed by atoms with Gasteiger partial charge in [0.2, 0.25) is 0 Å². The minimum Gasteiger partial charge on any atom is -0.484 e. The largest absolute Gasteiger partial charge is 0.484 e. The van der Waals surface area contributed by atoms with E-state index in [0.717, 1.165) is 18.4 Å². The van der Waals surface area contributed by atoms with Gasteiger partial charge >= 0.3 is 0 Å². The summed E-state index contributed by atoms with van der Waals surface area (Å²) in [5.41, 5.74) is 1.62. The van der Waals surface area contributed by atoms with Gasteiger partial charge in [0.15, 0.2) is 6.61 Å². The van der Waals surface area contributed by atoms with Crippen molar-refractivity contribution in [3.63, 3.8) is 0 Å². The minimum atomic E-state index is -0.155. The predicted molar refractivity (Wildman–Crippen MR) is 105 cm³/mol. The molecule has 27 heavy (non-hydrogen) atoms. The first-order chi connectivity index (χ1) is 12.9. The predicted octanol–water partition coefficient (Wildman–Crippen LogP) is 3.29. The molecule has 0 atom stereocenters. The molecule has 0 unspecified atom stereocenters. The Morgan fingerprint density at radius 2 is 1.89 bits per heavy atom. The molecule has 1 aliphatic rings. The van der Waals surface area contributed by atoms with Gasteiger partial charge in [-0.05, 0) is 66.7 Å². The molecule has 0 saturated heterocycles. The highest BCUT2D eigenvalue weighted by Gasteiger charge is 2.23. The molecule has 1 fully saturated rings. The molecule has 144 valence electrons. The number of carbonyl (C=O) groups is 2. The molecule has 1 aliphatic carbocycles. The fourth-order valence-corrected chi connectivity index (χ4v) is 3.26. The van der Waals surface area contributed by atoms with Crippen LogP contribution in [-0.2, 0) is 11.2 Å². The molecule has 2 N–H and O–H groups in total. The van der Waals surface area contributed by atoms with Crippen molar-refractivity contribution in [3.05, 3.63) is 51.4 Å². The molecule has 1 aromatic heterocycles. The van der Waals surface area contributed by atoms with Crippen LogP contribution in [0.15, 0.2) is 33.2 Å². The summed E-state index contributed by atoms with van der Waals surface area (Å²) < 4.78 is 11.6. The number of ether oxygens (including phenoxy) is 1. The Balaban J connectivity index is 1.43. The molecule has 7 heteroatoms. The zero-order chi connectivity index (χ0) is 19.4. The number of rotatable bonds is 8. The number of hydrogen-bond donors (Lipinski definition) is 2. The first kappa shape index (κ1) is 19.5. The van der Waals surface area contributed by atoms with Crippen LogP contribution in [0.2, 0.25) is 0 Å². The second kappa shape index (κ2) is 8.61. The van der Waals surface area contributed by atoms with Crippen LogP contribution in [0.5, 0.6) is 5.75 Å². The molecule has 0 aliphatic heterocycles. The van der Waals surface area contributed by atoms with Gasteiger partial charge in [0, 0.05) is 12.6 Å². The van der Waals surface area contributed by atoms with E-state index in [-0.39, 0.29) is 18.4 Å². The molecule has 0 radical (unpaired) electrons. The third-order valence-electron chi connectivity index (χ3n) is 4.35. The minimum absolute atomic E-state index is 0.0320. The number of aryl methyl sites for hydroxylation is 2. The number of halogens is 1. The van der Waals surface area contributed by atoms with Crippen LogP contribution >= 0.6 is 15.9 Å². The third kappa shape index (κ3) is 5.35. The van der Waals surface area contributed by atoms with Crippen molar-refractivity contribution in [2.45, 2.75) is 39.2 Å². The summed E-state index contributed by atoms with van der Waals surface area (Å²) in [6.45, 7) is 4.13. The zero-order valence-corrected chi connectivity index (χ0v) is 17.0. The van der Waals surface area contributed by atoms with Crippen LogP contribution in [0.25, 0.3) is 0 Å². The van der Waals surface area contributed by atoms with Crippen molar-refractivity contribution >= 4 is 27.7 Å². The Morgan fingerprint density at radius 1 is 1.19 bits per heavy atom. The van der Waals surface area contributed by atoms with Gasteiger partial charge in [-0.2, -0.15) is 0 Å². The summed E-state index contributed by atoms with van der Waals surface area (Å²) in [4.78, 5) is 23.9. The van der Waals surface area contributed by atoms with Crippen LogP contribution in [0.3, 0.4) is 0 Å². The summed E-state index contributed by atoms with van der Waals surface area (Å²) >= 11 is 3.39. The first-order valence-corrected chi connectivity index (χ1v) is 9.78. The fourth-order valence-electron chi connectivity index (χ4n) is 2.72. The molecule has 2 amide bonds. The number of benzene rings is 1. The molecule has 1 saturated carbocycles. The van der Waals surface area contributed by atoms with Gasteiger partial charge in [0.05, 0.1) is 10.0 Å². The Kier molecular flexibility index (Phi) is 6.21. The van der Waals surface area contributed by atoms with E-state index in [2.05, 4.69) is 26.6 Å². The average molecular weight is 435 g/mol. The van der Waals surface area contributed by atoms with E-state index in [9.17, 15) is 9.59 Å². The van der Waals surface area contributed by atoms with E-state index in [1.54, 1.807) is 6.92 Å². The maximum Gasteiger partial charge on any atom is 0.258 e. The lowest BCUT2D eigenvalue weighted by molar-refractivity contribution is -0.123. The Hall–Kier alpha value is -2.28. The van der Waals surface area contributed by atoms with Crippen molar-refractivity contribution in [1.29, 1.82) is 0 Å². The SMILES string of the molecule is Cc1oc(C)c(C(=O)NCCc2ccc(OCC(=O)NC3CC3)cc2)c1Br. The number of hydrogen-bond acceptors (Lipinski definition) is 4. The van der Waals surface area contributed by atoms with Crippen LogP contribution < -0.4 is 15.4 Å². The van der Waals surface area contributed by atoms with Crippen LogP contribution in [-0.4, -0.2) is 31.0 Å². The highest BCUT2D eigenvalue weighted by atomic mass is 79.9. The van der Waals surface area contributed by atoms with Gasteiger partial charge in [-0.25, -0.2) is 0 Å². The van der Waals surface area contributed by atoms with Crippen molar-refractivity contribution < 1.29 is 18.7 Å². The van der Waals surface area contributed by atoms with Crippen molar-refractivity contribution in [3.8, 4) is 5.75 Å². The molecule has 0 spiro atoms. The maximum atomic E-state index is 12.3. The summed E-state index contributed by atoms with van der Waals surface area (Å²) in [5, 5.41) is 5.79. The topological polar surface area (TPSA) is 80.6 Å². The van der Waals surface area contributed by atoms with Crippen LogP contribution in [0.4, 0.5) is 0 Å². The summed E-state index contributed by atoms with van der Waals surface area (Å²) in [7, 11) is 0. The Morgan fingerprint density at radius 3 is 2.48 bits per heavy atom. The maximum absolute atomic E-state index is 12.3. The van der Waals surface area contributed by atoms with E-state index in [1.165, 1.54) is 0 Å². The third-order valence-corrected chi connectivity index (χ3v) is 5.30. The monoisotopic (exact) mass is 434 g/mol. The second-order valence-corrected chi connectivity index (χ2v) is 7.48. The quantitative estimate of drug-likeness (QED) is 0.667. The van der Waals surface area contributed by atoms with Gasteiger partial charge in [-0.15, -0.1) is 0 Å². The molecule has 0 bridgehead atoms. The number of amides is 2. The number of nitrogens with one attached hydrogen (secondary N) is 2. The molecule has 2 aromatic rings. The summed E-state index contributed by atoms with van der Waals surface area (Å²) in [5.74, 6) is 1.71. The van der Waals surface area contributed by atoms with Crippen molar-refractivity contribution in [2.24, 2.45) is 0 Å². The van der Waals surface area contributed by atoms with Gasteiger partial charge in [0.1, 0.15) is 17.3 Å². The van der Waals surface area contributed by atoms with E-state index in [0.29, 0.717) is 46.3 Å². The van der Waals surface area contributed by atoms with E-state index in [1.807, 2.05) is 31.2 Å². The molecule has 3 rings (SSSR count). The van der Waals surface area contributed by atoms with Gasteiger partial charge in [0.25, 0.3) is 11.8 Å². The van der Waals surface area contributed by atoms with Crippen LogP contribution in [0, 0.1) is 13.8 Å². The second-order valence-electron chi connectivity index (χ2n) is 6.68.